The van der Waals surface area contributed by atoms with Crippen molar-refractivity contribution < 1.29 is 4.74 Å². The second-order valence-corrected chi connectivity index (χ2v) is 5.33. The summed E-state index contributed by atoms with van der Waals surface area (Å²) in [5.41, 5.74) is 3.68. The molecule has 0 aliphatic carbocycles. The highest BCUT2D eigenvalue weighted by atomic mass is 32.1. The van der Waals surface area contributed by atoms with Gasteiger partial charge in [0.05, 0.1) is 10.4 Å². The number of ether oxygens (including phenoxy) is 1. The zero-order valence-corrected chi connectivity index (χ0v) is 10.5. The van der Waals surface area contributed by atoms with Gasteiger partial charge < -0.3 is 4.74 Å². The summed E-state index contributed by atoms with van der Waals surface area (Å²) >= 11 is 1.79. The van der Waals surface area contributed by atoms with Gasteiger partial charge in [-0.05, 0) is 44.1 Å². The van der Waals surface area contributed by atoms with Crippen LogP contribution in [-0.4, -0.2) is 16.4 Å². The molecular formula is C12H16N2OS. The number of aromatic nitrogens is 2. The highest BCUT2D eigenvalue weighted by Crippen LogP contribution is 2.31. The largest absolute Gasteiger partial charge is 0.357 e. The van der Waals surface area contributed by atoms with E-state index in [4.69, 9.17) is 9.84 Å². The van der Waals surface area contributed by atoms with Gasteiger partial charge in [-0.15, -0.1) is 11.3 Å². The molecule has 0 radical (unpaired) electrons. The number of thiophene rings is 1. The molecule has 0 amide bonds. The molecule has 16 heavy (non-hydrogen) atoms. The first-order chi connectivity index (χ1) is 7.77. The highest BCUT2D eigenvalue weighted by Gasteiger charge is 2.21. The van der Waals surface area contributed by atoms with Crippen molar-refractivity contribution in [1.29, 1.82) is 0 Å². The smallest absolute Gasteiger partial charge is 0.150 e. The highest BCUT2D eigenvalue weighted by molar-refractivity contribution is 7.17. The van der Waals surface area contributed by atoms with Gasteiger partial charge >= 0.3 is 0 Å². The zero-order valence-electron chi connectivity index (χ0n) is 9.69. The van der Waals surface area contributed by atoms with Crippen molar-refractivity contribution in [3.8, 4) is 0 Å². The van der Waals surface area contributed by atoms with Crippen LogP contribution in [0.3, 0.4) is 0 Å². The van der Waals surface area contributed by atoms with E-state index in [-0.39, 0.29) is 6.23 Å². The molecule has 0 N–H and O–H groups in total. The Morgan fingerprint density at radius 1 is 1.44 bits per heavy atom. The Kier molecular flexibility index (Phi) is 2.48. The molecule has 0 saturated carbocycles. The fourth-order valence-electron chi connectivity index (χ4n) is 2.30. The van der Waals surface area contributed by atoms with Crippen LogP contribution in [0.2, 0.25) is 0 Å². The van der Waals surface area contributed by atoms with Gasteiger partial charge in [0.25, 0.3) is 0 Å². The molecule has 1 atom stereocenters. The quantitative estimate of drug-likeness (QED) is 0.758. The lowest BCUT2D eigenvalue weighted by Gasteiger charge is -2.23. The topological polar surface area (TPSA) is 27.1 Å². The molecule has 0 bridgehead atoms. The summed E-state index contributed by atoms with van der Waals surface area (Å²) in [6.45, 7) is 5.14. The Morgan fingerprint density at radius 3 is 3.00 bits per heavy atom. The molecule has 1 saturated heterocycles. The fourth-order valence-corrected chi connectivity index (χ4v) is 3.29. The molecule has 3 rings (SSSR count). The van der Waals surface area contributed by atoms with E-state index in [2.05, 4.69) is 23.9 Å². The van der Waals surface area contributed by atoms with Crippen LogP contribution >= 0.6 is 11.3 Å². The molecule has 2 aromatic heterocycles. The first-order valence-electron chi connectivity index (χ1n) is 5.82. The molecule has 0 aromatic carbocycles. The van der Waals surface area contributed by atoms with Crippen molar-refractivity contribution in [3.63, 3.8) is 0 Å². The van der Waals surface area contributed by atoms with Crippen LogP contribution in [0, 0.1) is 13.8 Å². The third kappa shape index (κ3) is 1.48. The van der Waals surface area contributed by atoms with E-state index in [9.17, 15) is 0 Å². The predicted octanol–water partition coefficient (Wildman–Crippen LogP) is 3.41. The van der Waals surface area contributed by atoms with Gasteiger partial charge in [0, 0.05) is 6.61 Å². The first-order valence-corrected chi connectivity index (χ1v) is 6.70. The number of rotatable bonds is 1. The predicted molar refractivity (Wildman–Crippen MR) is 65.9 cm³/mol. The van der Waals surface area contributed by atoms with Crippen molar-refractivity contribution in [2.45, 2.75) is 39.3 Å². The van der Waals surface area contributed by atoms with Gasteiger partial charge in [0.1, 0.15) is 5.52 Å². The Labute approximate surface area is 99.0 Å². The second-order valence-electron chi connectivity index (χ2n) is 4.45. The van der Waals surface area contributed by atoms with Gasteiger partial charge in [-0.2, -0.15) is 5.10 Å². The molecule has 3 heterocycles. The van der Waals surface area contributed by atoms with E-state index in [1.807, 2.05) is 0 Å². The first kappa shape index (κ1) is 10.3. The van der Waals surface area contributed by atoms with Crippen molar-refractivity contribution in [2.24, 2.45) is 0 Å². The lowest BCUT2D eigenvalue weighted by molar-refractivity contribution is -0.0402. The van der Waals surface area contributed by atoms with Gasteiger partial charge in [0.2, 0.25) is 0 Å². The fraction of sp³-hybridized carbons (Fsp3) is 0.583. The van der Waals surface area contributed by atoms with Gasteiger partial charge in [-0.1, -0.05) is 0 Å². The van der Waals surface area contributed by atoms with E-state index in [1.165, 1.54) is 28.8 Å². The molecule has 1 fully saturated rings. The van der Waals surface area contributed by atoms with Crippen LogP contribution in [0.1, 0.15) is 36.7 Å². The van der Waals surface area contributed by atoms with E-state index in [1.54, 1.807) is 11.3 Å². The minimum atomic E-state index is 0.160. The summed E-state index contributed by atoms with van der Waals surface area (Å²) in [5.74, 6) is 0. The summed E-state index contributed by atoms with van der Waals surface area (Å²) in [6.07, 6.45) is 3.68. The summed E-state index contributed by atoms with van der Waals surface area (Å²) < 4.78 is 9.18. The average Bonchev–Trinajstić information content (AvgIpc) is 2.83. The van der Waals surface area contributed by atoms with Crippen LogP contribution in [0.15, 0.2) is 5.38 Å². The van der Waals surface area contributed by atoms with Crippen molar-refractivity contribution in [2.75, 3.05) is 6.61 Å². The maximum atomic E-state index is 5.79. The molecule has 1 aliphatic heterocycles. The van der Waals surface area contributed by atoms with Crippen molar-refractivity contribution >= 4 is 21.6 Å². The zero-order chi connectivity index (χ0) is 11.1. The molecule has 0 spiro atoms. The van der Waals surface area contributed by atoms with E-state index in [0.29, 0.717) is 0 Å². The van der Waals surface area contributed by atoms with E-state index in [0.717, 1.165) is 18.5 Å². The Hall–Kier alpha value is -0.870. The summed E-state index contributed by atoms with van der Waals surface area (Å²) in [4.78, 5) is 0. The van der Waals surface area contributed by atoms with Crippen molar-refractivity contribution in [1.82, 2.24) is 9.78 Å². The average molecular weight is 236 g/mol. The van der Waals surface area contributed by atoms with Crippen LogP contribution in [-0.2, 0) is 4.74 Å². The standard InChI is InChI=1S/C12H16N2OS/c1-8-7-16-12-9(2)14(13-11(8)12)10-5-3-4-6-15-10/h7,10H,3-6H2,1-2H3. The lowest BCUT2D eigenvalue weighted by atomic mass is 10.2. The van der Waals surface area contributed by atoms with Gasteiger partial charge in [-0.3, -0.25) is 0 Å². The molecular weight excluding hydrogens is 220 g/mol. The maximum Gasteiger partial charge on any atom is 0.150 e. The Bertz CT molecular complexity index is 508. The molecule has 3 nitrogen and oxygen atoms in total. The number of aryl methyl sites for hydroxylation is 2. The molecule has 2 aromatic rings. The van der Waals surface area contributed by atoms with E-state index >= 15 is 0 Å². The van der Waals surface area contributed by atoms with Crippen LogP contribution in [0.4, 0.5) is 0 Å². The minimum Gasteiger partial charge on any atom is -0.357 e. The van der Waals surface area contributed by atoms with Crippen molar-refractivity contribution in [3.05, 3.63) is 16.6 Å². The van der Waals surface area contributed by atoms with Gasteiger partial charge in [0.15, 0.2) is 6.23 Å². The maximum absolute atomic E-state index is 5.79. The van der Waals surface area contributed by atoms with Crippen LogP contribution in [0.25, 0.3) is 10.2 Å². The Morgan fingerprint density at radius 2 is 2.31 bits per heavy atom. The second kappa shape index (κ2) is 3.86. The monoisotopic (exact) mass is 236 g/mol. The molecule has 4 heteroatoms. The summed E-state index contributed by atoms with van der Waals surface area (Å²) in [7, 11) is 0. The summed E-state index contributed by atoms with van der Waals surface area (Å²) in [6, 6.07) is 0. The van der Waals surface area contributed by atoms with Crippen LogP contribution < -0.4 is 0 Å². The number of nitrogens with zero attached hydrogens (tertiary/aromatic N) is 2. The molecule has 86 valence electrons. The third-order valence-corrected chi connectivity index (χ3v) is 4.45. The molecule has 1 unspecified atom stereocenters. The van der Waals surface area contributed by atoms with E-state index < -0.39 is 0 Å². The Balaban J connectivity index is 2.05. The number of fused-ring (bicyclic) bond motifs is 1. The SMILES string of the molecule is Cc1csc2c(C)n(C3CCCCO3)nc12. The normalized spacial score (nSPS) is 21.8. The van der Waals surface area contributed by atoms with Crippen LogP contribution in [0.5, 0.6) is 0 Å². The van der Waals surface area contributed by atoms with Gasteiger partial charge in [-0.25, -0.2) is 4.68 Å². The molecule has 1 aliphatic rings. The number of hydrogen-bond acceptors (Lipinski definition) is 3. The number of hydrogen-bond donors (Lipinski definition) is 0. The minimum absolute atomic E-state index is 0.160. The summed E-state index contributed by atoms with van der Waals surface area (Å²) in [5, 5.41) is 6.87. The third-order valence-electron chi connectivity index (χ3n) is 3.25. The lowest BCUT2D eigenvalue weighted by Crippen LogP contribution is -2.20.